The maximum atomic E-state index is 11.6. The molecule has 1 fully saturated rings. The van der Waals surface area contributed by atoms with E-state index in [0.29, 0.717) is 12.2 Å². The van der Waals surface area contributed by atoms with Crippen LogP contribution in [0.2, 0.25) is 0 Å². The number of ether oxygens (including phenoxy) is 1. The topological polar surface area (TPSA) is 45.7 Å². The summed E-state index contributed by atoms with van der Waals surface area (Å²) in [6, 6.07) is 3.68. The normalized spacial score (nSPS) is 18.9. The van der Waals surface area contributed by atoms with Gasteiger partial charge in [-0.1, -0.05) is 0 Å². The van der Waals surface area contributed by atoms with Crippen LogP contribution in [0.25, 0.3) is 0 Å². The van der Waals surface area contributed by atoms with E-state index in [4.69, 9.17) is 4.74 Å². The van der Waals surface area contributed by atoms with Gasteiger partial charge in [0.2, 0.25) is 0 Å². The van der Waals surface area contributed by atoms with Crippen molar-refractivity contribution in [1.29, 1.82) is 0 Å². The Labute approximate surface area is 120 Å². The van der Waals surface area contributed by atoms with Gasteiger partial charge in [0, 0.05) is 31.4 Å². The van der Waals surface area contributed by atoms with Gasteiger partial charge in [-0.15, -0.1) is 0 Å². The first kappa shape index (κ1) is 14.8. The summed E-state index contributed by atoms with van der Waals surface area (Å²) in [6.07, 6.45) is 1.60. The van der Waals surface area contributed by atoms with E-state index >= 15 is 0 Å². The highest BCUT2D eigenvalue weighted by Crippen LogP contribution is 2.23. The van der Waals surface area contributed by atoms with Crippen molar-refractivity contribution < 1.29 is 9.53 Å². The third-order valence-electron chi connectivity index (χ3n) is 3.90. The van der Waals surface area contributed by atoms with Crippen molar-refractivity contribution in [3.05, 3.63) is 23.9 Å². The van der Waals surface area contributed by atoms with Crippen LogP contribution in [0.1, 0.15) is 31.1 Å². The van der Waals surface area contributed by atoms with Crippen LogP contribution in [0.3, 0.4) is 0 Å². The van der Waals surface area contributed by atoms with E-state index in [1.54, 1.807) is 19.2 Å². The Morgan fingerprint density at radius 2 is 2.15 bits per heavy atom. The minimum atomic E-state index is -0.315. The maximum absolute atomic E-state index is 11.6. The lowest BCUT2D eigenvalue weighted by molar-refractivity contribution is 0.0526. The fourth-order valence-corrected chi connectivity index (χ4v) is 2.34. The second-order valence-electron chi connectivity index (χ2n) is 5.78. The molecule has 1 aliphatic heterocycles. The molecule has 0 aliphatic carbocycles. The Kier molecular flexibility index (Phi) is 4.28. The van der Waals surface area contributed by atoms with Gasteiger partial charge < -0.3 is 9.64 Å². The van der Waals surface area contributed by atoms with E-state index in [2.05, 4.69) is 35.7 Å². The summed E-state index contributed by atoms with van der Waals surface area (Å²) < 4.78 is 4.96. The van der Waals surface area contributed by atoms with E-state index < -0.39 is 0 Å². The highest BCUT2D eigenvalue weighted by Gasteiger charge is 2.31. The number of carbonyl (C=O) groups excluding carboxylic acids is 1. The van der Waals surface area contributed by atoms with Crippen LogP contribution >= 0.6 is 0 Å². The highest BCUT2D eigenvalue weighted by molar-refractivity contribution is 5.89. The number of rotatable bonds is 3. The van der Waals surface area contributed by atoms with Crippen LogP contribution < -0.4 is 4.90 Å². The summed E-state index contributed by atoms with van der Waals surface area (Å²) in [4.78, 5) is 20.6. The Balaban J connectivity index is 2.09. The summed E-state index contributed by atoms with van der Waals surface area (Å²) >= 11 is 0. The number of anilines is 1. The molecule has 2 rings (SSSR count). The van der Waals surface area contributed by atoms with E-state index in [0.717, 1.165) is 25.5 Å². The molecule has 1 saturated heterocycles. The molecule has 0 amide bonds. The zero-order chi connectivity index (χ0) is 14.8. The number of esters is 1. The molecular formula is C15H23N3O2. The zero-order valence-electron chi connectivity index (χ0n) is 12.7. The average molecular weight is 277 g/mol. The van der Waals surface area contributed by atoms with Crippen molar-refractivity contribution in [2.75, 3.05) is 38.2 Å². The third-order valence-corrected chi connectivity index (χ3v) is 3.90. The molecular weight excluding hydrogens is 254 g/mol. The van der Waals surface area contributed by atoms with E-state index in [-0.39, 0.29) is 11.5 Å². The highest BCUT2D eigenvalue weighted by atomic mass is 16.5. The predicted molar refractivity (Wildman–Crippen MR) is 79.1 cm³/mol. The molecule has 0 saturated carbocycles. The van der Waals surface area contributed by atoms with E-state index in [9.17, 15) is 4.79 Å². The Hall–Kier alpha value is -1.62. The second-order valence-corrected chi connectivity index (χ2v) is 5.78. The summed E-state index contributed by atoms with van der Waals surface area (Å²) in [5.74, 6) is 0.601. The third kappa shape index (κ3) is 3.10. The summed E-state index contributed by atoms with van der Waals surface area (Å²) in [6.45, 7) is 9.52. The van der Waals surface area contributed by atoms with Gasteiger partial charge in [-0.2, -0.15) is 0 Å². The molecule has 0 bridgehead atoms. The second kappa shape index (κ2) is 5.79. The number of hydrogen-bond acceptors (Lipinski definition) is 5. The van der Waals surface area contributed by atoms with Gasteiger partial charge in [-0.25, -0.2) is 9.78 Å². The molecule has 0 radical (unpaired) electrons. The van der Waals surface area contributed by atoms with Crippen LogP contribution in [0.4, 0.5) is 5.82 Å². The minimum absolute atomic E-state index is 0.125. The van der Waals surface area contributed by atoms with Gasteiger partial charge in [-0.05, 0) is 40.0 Å². The Morgan fingerprint density at radius 3 is 2.70 bits per heavy atom. The lowest BCUT2D eigenvalue weighted by Gasteiger charge is -2.45. The monoisotopic (exact) mass is 277 g/mol. The first-order chi connectivity index (χ1) is 9.44. The van der Waals surface area contributed by atoms with Crippen LogP contribution in [-0.4, -0.2) is 54.7 Å². The number of piperazine rings is 1. The summed E-state index contributed by atoms with van der Waals surface area (Å²) in [5, 5.41) is 0. The first-order valence-corrected chi connectivity index (χ1v) is 7.03. The molecule has 1 aromatic heterocycles. The molecule has 2 heterocycles. The van der Waals surface area contributed by atoms with Crippen molar-refractivity contribution in [3.8, 4) is 0 Å². The van der Waals surface area contributed by atoms with Crippen LogP contribution in [0.5, 0.6) is 0 Å². The lowest BCUT2D eigenvalue weighted by Crippen LogP contribution is -2.57. The first-order valence-electron chi connectivity index (χ1n) is 7.03. The zero-order valence-corrected chi connectivity index (χ0v) is 12.7. The van der Waals surface area contributed by atoms with Crippen molar-refractivity contribution in [2.45, 2.75) is 26.3 Å². The van der Waals surface area contributed by atoms with Crippen molar-refractivity contribution in [1.82, 2.24) is 9.88 Å². The average Bonchev–Trinajstić information content (AvgIpc) is 2.42. The smallest absolute Gasteiger partial charge is 0.339 e. The standard InChI is InChI=1S/C15H23N3O2/c1-5-20-14(19)12-6-7-13(16-10-12)18-9-8-17(4)15(2,3)11-18/h6-7,10H,5,8-9,11H2,1-4H3. The minimum Gasteiger partial charge on any atom is -0.462 e. The Bertz CT molecular complexity index is 471. The van der Waals surface area contributed by atoms with Gasteiger partial charge in [0.1, 0.15) is 5.82 Å². The molecule has 5 heteroatoms. The predicted octanol–water partition coefficient (Wildman–Crippen LogP) is 1.79. The molecule has 20 heavy (non-hydrogen) atoms. The quantitative estimate of drug-likeness (QED) is 0.788. The summed E-state index contributed by atoms with van der Waals surface area (Å²) in [7, 11) is 2.15. The number of hydrogen-bond donors (Lipinski definition) is 0. The largest absolute Gasteiger partial charge is 0.462 e. The van der Waals surface area contributed by atoms with E-state index in [1.165, 1.54) is 0 Å². The van der Waals surface area contributed by atoms with Crippen LogP contribution in [-0.2, 0) is 4.74 Å². The Morgan fingerprint density at radius 1 is 1.40 bits per heavy atom. The lowest BCUT2D eigenvalue weighted by atomic mass is 10.00. The molecule has 0 unspecified atom stereocenters. The number of carbonyl (C=O) groups is 1. The number of aromatic nitrogens is 1. The molecule has 0 N–H and O–H groups in total. The van der Waals surface area contributed by atoms with Gasteiger partial charge in [0.05, 0.1) is 12.2 Å². The fourth-order valence-electron chi connectivity index (χ4n) is 2.34. The molecule has 0 atom stereocenters. The SMILES string of the molecule is CCOC(=O)c1ccc(N2CCN(C)C(C)(C)C2)nc1. The molecule has 1 aromatic rings. The number of likely N-dealkylation sites (N-methyl/N-ethyl adjacent to an activating group) is 1. The van der Waals surface area contributed by atoms with Crippen LogP contribution in [0.15, 0.2) is 18.3 Å². The van der Waals surface area contributed by atoms with Gasteiger partial charge in [0.25, 0.3) is 0 Å². The van der Waals surface area contributed by atoms with Crippen molar-refractivity contribution >= 4 is 11.8 Å². The van der Waals surface area contributed by atoms with Crippen molar-refractivity contribution in [2.24, 2.45) is 0 Å². The molecule has 1 aliphatic rings. The van der Waals surface area contributed by atoms with Gasteiger partial charge >= 0.3 is 5.97 Å². The van der Waals surface area contributed by atoms with Crippen LogP contribution in [0, 0.1) is 0 Å². The number of nitrogens with zero attached hydrogens (tertiary/aromatic N) is 3. The van der Waals surface area contributed by atoms with Gasteiger partial charge in [-0.3, -0.25) is 4.90 Å². The molecule has 0 spiro atoms. The molecule has 110 valence electrons. The fraction of sp³-hybridized carbons (Fsp3) is 0.600. The molecule has 5 nitrogen and oxygen atoms in total. The molecule has 0 aromatic carbocycles. The van der Waals surface area contributed by atoms with Gasteiger partial charge in [0.15, 0.2) is 0 Å². The maximum Gasteiger partial charge on any atom is 0.339 e. The van der Waals surface area contributed by atoms with E-state index in [1.807, 2.05) is 6.07 Å². The summed E-state index contributed by atoms with van der Waals surface area (Å²) in [5.41, 5.74) is 0.628. The number of pyridine rings is 1. The van der Waals surface area contributed by atoms with Crippen molar-refractivity contribution in [3.63, 3.8) is 0 Å².